The number of hydrogen-bond acceptors (Lipinski definition) is 11. The van der Waals surface area contributed by atoms with E-state index in [1.807, 2.05) is 30.3 Å². The van der Waals surface area contributed by atoms with E-state index in [2.05, 4.69) is 25.3 Å². The van der Waals surface area contributed by atoms with E-state index in [-0.39, 0.29) is 28.4 Å². The van der Waals surface area contributed by atoms with Crippen LogP contribution in [-0.2, 0) is 30.2 Å². The second-order valence-corrected chi connectivity index (χ2v) is 12.0. The molecule has 3 heterocycles. The van der Waals surface area contributed by atoms with E-state index in [4.69, 9.17) is 30.5 Å². The fourth-order valence-electron chi connectivity index (χ4n) is 5.70. The molecule has 0 bridgehead atoms. The molecule has 17 heteroatoms. The van der Waals surface area contributed by atoms with Gasteiger partial charge in [0.1, 0.15) is 18.5 Å². The number of fused-ring (bicyclic) bond motifs is 1. The van der Waals surface area contributed by atoms with Crippen molar-refractivity contribution in [2.24, 2.45) is 5.11 Å². The van der Waals surface area contributed by atoms with Crippen LogP contribution in [0.1, 0.15) is 32.6 Å². The minimum atomic E-state index is -2.48. The van der Waals surface area contributed by atoms with Gasteiger partial charge in [0.15, 0.2) is 18.5 Å². The number of nitrogens with one attached hydrogen (secondary N) is 2. The van der Waals surface area contributed by atoms with Crippen molar-refractivity contribution in [2.45, 2.75) is 36.7 Å². The SMILES string of the molecule is COC(=O)[C@@H](Cc1cc2ccccc2[nH]1)Nc1ccn(C2O[C@@](COC(=O)c3cccc(Cl)c3)(N=[N+]=[N-])C(OC(=O)c3ccccc3)[C@@H]2F)c(=O)n1. The van der Waals surface area contributed by atoms with Crippen molar-refractivity contribution in [3.8, 4) is 0 Å². The zero-order valence-electron chi connectivity index (χ0n) is 27.2. The van der Waals surface area contributed by atoms with Crippen molar-refractivity contribution in [3.63, 3.8) is 0 Å². The van der Waals surface area contributed by atoms with Gasteiger partial charge in [-0.3, -0.25) is 4.57 Å². The van der Waals surface area contributed by atoms with Gasteiger partial charge in [-0.1, -0.05) is 59.2 Å². The fourth-order valence-corrected chi connectivity index (χ4v) is 5.89. The summed E-state index contributed by atoms with van der Waals surface area (Å²) in [4.78, 5) is 62.1. The molecule has 1 saturated heterocycles. The molecule has 52 heavy (non-hydrogen) atoms. The number of esters is 3. The molecular formula is C35H29ClFN7O8. The molecule has 5 atom stereocenters. The number of alkyl halides is 1. The molecule has 266 valence electrons. The van der Waals surface area contributed by atoms with E-state index in [9.17, 15) is 24.7 Å². The second-order valence-electron chi connectivity index (χ2n) is 11.6. The van der Waals surface area contributed by atoms with Gasteiger partial charge < -0.3 is 29.2 Å². The molecule has 0 saturated carbocycles. The Morgan fingerprint density at radius 1 is 1.08 bits per heavy atom. The van der Waals surface area contributed by atoms with Crippen molar-refractivity contribution in [1.82, 2.24) is 14.5 Å². The quantitative estimate of drug-likeness (QED) is 0.0541. The molecule has 15 nitrogen and oxygen atoms in total. The molecule has 0 spiro atoms. The molecule has 2 N–H and O–H groups in total. The van der Waals surface area contributed by atoms with E-state index in [0.29, 0.717) is 5.69 Å². The van der Waals surface area contributed by atoms with Crippen LogP contribution in [0.2, 0.25) is 5.02 Å². The second kappa shape index (κ2) is 15.3. The van der Waals surface area contributed by atoms with Crippen molar-refractivity contribution >= 4 is 46.2 Å². The van der Waals surface area contributed by atoms with Crippen LogP contribution in [0.5, 0.6) is 0 Å². The number of anilines is 1. The molecule has 5 aromatic rings. The number of nitrogens with zero attached hydrogens (tertiary/aromatic N) is 5. The third-order valence-electron chi connectivity index (χ3n) is 8.18. The standard InChI is InChI=1S/C35H29ClFN7O8/c1-49-33(47)26(18-24-17-21-10-5-6-13-25(21)39-24)40-27-14-15-44(34(48)41-27)30-28(37)29(51-32(46)20-8-3-2-4-9-20)35(52-30,42-43-38)19-50-31(45)22-11-7-12-23(36)16-22/h2-17,26,28-30,39H,18-19H2,1H3,(H,40,41,48)/t26-,28+,29?,30?,35-/m1/s1. The Labute approximate surface area is 298 Å². The number of benzene rings is 3. The Kier molecular flexibility index (Phi) is 10.5. The average molecular weight is 730 g/mol. The van der Waals surface area contributed by atoms with Gasteiger partial charge in [-0.25, -0.2) is 23.6 Å². The number of azide groups is 1. The number of H-pyrrole nitrogens is 1. The number of methoxy groups -OCH3 is 1. The third-order valence-corrected chi connectivity index (χ3v) is 8.42. The van der Waals surface area contributed by atoms with Crippen molar-refractivity contribution < 1.29 is 37.7 Å². The molecule has 3 aromatic carbocycles. The van der Waals surface area contributed by atoms with Crippen LogP contribution in [0.4, 0.5) is 10.2 Å². The van der Waals surface area contributed by atoms with E-state index >= 15 is 4.39 Å². The van der Waals surface area contributed by atoms with E-state index in [0.717, 1.165) is 21.7 Å². The number of para-hydroxylation sites is 1. The lowest BCUT2D eigenvalue weighted by Gasteiger charge is -2.28. The normalized spacial score (nSPS) is 20.0. The number of aromatic nitrogens is 3. The fraction of sp³-hybridized carbons (Fsp3) is 0.229. The van der Waals surface area contributed by atoms with Gasteiger partial charge in [-0.15, -0.1) is 0 Å². The first-order valence-electron chi connectivity index (χ1n) is 15.7. The Morgan fingerprint density at radius 2 is 1.83 bits per heavy atom. The highest BCUT2D eigenvalue weighted by atomic mass is 35.5. The Morgan fingerprint density at radius 3 is 2.54 bits per heavy atom. The molecule has 1 aliphatic heterocycles. The van der Waals surface area contributed by atoms with Crippen molar-refractivity contribution in [3.05, 3.63) is 140 Å². The summed E-state index contributed by atoms with van der Waals surface area (Å²) in [6.07, 6.45) is -4.99. The molecule has 2 aromatic heterocycles. The number of hydrogen-bond donors (Lipinski definition) is 2. The van der Waals surface area contributed by atoms with Crippen molar-refractivity contribution in [1.29, 1.82) is 0 Å². The number of halogens is 2. The first kappa shape index (κ1) is 35.6. The van der Waals surface area contributed by atoms with Gasteiger partial charge in [0, 0.05) is 33.8 Å². The minimum Gasteiger partial charge on any atom is -0.467 e. The predicted molar refractivity (Wildman–Crippen MR) is 184 cm³/mol. The highest BCUT2D eigenvalue weighted by Gasteiger charge is 2.60. The monoisotopic (exact) mass is 729 g/mol. The molecule has 1 fully saturated rings. The van der Waals surface area contributed by atoms with Crippen LogP contribution in [0.25, 0.3) is 21.3 Å². The Bertz CT molecular complexity index is 2190. The lowest BCUT2D eigenvalue weighted by atomic mass is 10.1. The van der Waals surface area contributed by atoms with Crippen LogP contribution >= 0.6 is 11.6 Å². The van der Waals surface area contributed by atoms with Gasteiger partial charge in [-0.2, -0.15) is 4.98 Å². The van der Waals surface area contributed by atoms with Crippen molar-refractivity contribution in [2.75, 3.05) is 19.0 Å². The number of rotatable bonds is 12. The largest absolute Gasteiger partial charge is 0.467 e. The maximum atomic E-state index is 16.5. The van der Waals surface area contributed by atoms with E-state index in [1.165, 1.54) is 49.6 Å². The van der Waals surface area contributed by atoms with Crippen LogP contribution < -0.4 is 11.0 Å². The lowest BCUT2D eigenvalue weighted by molar-refractivity contribution is -0.141. The summed E-state index contributed by atoms with van der Waals surface area (Å²) in [5, 5.41) is 7.64. The van der Waals surface area contributed by atoms with E-state index in [1.54, 1.807) is 18.2 Å². The summed E-state index contributed by atoms with van der Waals surface area (Å²) < 4.78 is 38.9. The van der Waals surface area contributed by atoms with Gasteiger partial charge in [-0.05, 0) is 59.4 Å². The summed E-state index contributed by atoms with van der Waals surface area (Å²) in [6, 6.07) is 23.1. The maximum Gasteiger partial charge on any atom is 0.351 e. The van der Waals surface area contributed by atoms with Crippen LogP contribution in [-0.4, -0.2) is 70.2 Å². The smallest absolute Gasteiger partial charge is 0.351 e. The highest BCUT2D eigenvalue weighted by molar-refractivity contribution is 6.30. The van der Waals surface area contributed by atoms with Gasteiger partial charge in [0.05, 0.1) is 18.2 Å². The summed E-state index contributed by atoms with van der Waals surface area (Å²) in [5.74, 6) is -2.63. The average Bonchev–Trinajstić information content (AvgIpc) is 3.68. The zero-order chi connectivity index (χ0) is 36.8. The first-order chi connectivity index (χ1) is 25.1. The topological polar surface area (TPSA) is 200 Å². The summed E-state index contributed by atoms with van der Waals surface area (Å²) in [5.41, 5.74) is 7.63. The Balaban J connectivity index is 1.28. The number of ether oxygens (including phenoxy) is 4. The molecule has 0 aliphatic carbocycles. The molecule has 1 aliphatic rings. The van der Waals surface area contributed by atoms with Crippen LogP contribution in [0.15, 0.2) is 107 Å². The third kappa shape index (κ3) is 7.58. The molecular weight excluding hydrogens is 701 g/mol. The lowest BCUT2D eigenvalue weighted by Crippen LogP contribution is -2.47. The van der Waals surface area contributed by atoms with Crippen LogP contribution in [0, 0.1) is 0 Å². The number of aromatic amines is 1. The molecule has 6 rings (SSSR count). The predicted octanol–water partition coefficient (Wildman–Crippen LogP) is 5.53. The van der Waals surface area contributed by atoms with Crippen LogP contribution in [0.3, 0.4) is 0 Å². The van der Waals surface area contributed by atoms with Gasteiger partial charge >= 0.3 is 23.6 Å². The summed E-state index contributed by atoms with van der Waals surface area (Å²) in [6.45, 7) is -0.928. The summed E-state index contributed by atoms with van der Waals surface area (Å²) in [7, 11) is 1.22. The first-order valence-corrected chi connectivity index (χ1v) is 16.1. The van der Waals surface area contributed by atoms with Gasteiger partial charge in [0.2, 0.25) is 5.72 Å². The van der Waals surface area contributed by atoms with E-state index < -0.39 is 60.5 Å². The molecule has 0 amide bonds. The minimum absolute atomic E-state index is 0.0195. The molecule has 2 unspecified atom stereocenters. The van der Waals surface area contributed by atoms with Gasteiger partial charge in [0.25, 0.3) is 0 Å². The number of carbonyl (C=O) groups excluding carboxylic acids is 3. The maximum absolute atomic E-state index is 16.5. The number of carbonyl (C=O) groups is 3. The summed E-state index contributed by atoms with van der Waals surface area (Å²) >= 11 is 5.99. The Hall–Kier alpha value is -6.22. The zero-order valence-corrected chi connectivity index (χ0v) is 28.0. The highest BCUT2D eigenvalue weighted by Crippen LogP contribution is 2.42. The molecule has 0 radical (unpaired) electrons.